The molecule has 2 aromatic rings. The number of aromatic hydroxyl groups is 1. The molecule has 0 bridgehead atoms. The summed E-state index contributed by atoms with van der Waals surface area (Å²) in [5.74, 6) is -2.63. The predicted molar refractivity (Wildman–Crippen MR) is 106 cm³/mol. The number of aryl methyl sites for hydroxylation is 1. The van der Waals surface area contributed by atoms with Gasteiger partial charge >= 0.3 is 17.5 Å². The van der Waals surface area contributed by atoms with Crippen molar-refractivity contribution in [2.24, 2.45) is 5.10 Å². The molecule has 0 heterocycles. The van der Waals surface area contributed by atoms with Crippen LogP contribution in [0.2, 0.25) is 0 Å². The molecule has 0 radical (unpaired) electrons. The van der Waals surface area contributed by atoms with E-state index in [9.17, 15) is 24.8 Å². The van der Waals surface area contributed by atoms with Crippen molar-refractivity contribution in [3.63, 3.8) is 0 Å². The summed E-state index contributed by atoms with van der Waals surface area (Å²) < 4.78 is 5.15. The van der Waals surface area contributed by atoms with E-state index >= 15 is 0 Å². The van der Waals surface area contributed by atoms with E-state index in [1.165, 1.54) is 6.07 Å². The number of carbonyl (C=O) groups is 2. The number of phenolic OH excluding ortho intramolecular Hbond substituents is 1. The number of benzene rings is 2. The quantitative estimate of drug-likeness (QED) is 0.294. The molecule has 10 nitrogen and oxygen atoms in total. The number of hydrogen-bond donors (Lipinski definition) is 3. The summed E-state index contributed by atoms with van der Waals surface area (Å²) in [6.45, 7) is 5.53. The van der Waals surface area contributed by atoms with Crippen LogP contribution in [0.15, 0.2) is 35.4 Å². The van der Waals surface area contributed by atoms with Crippen molar-refractivity contribution in [1.82, 2.24) is 5.43 Å². The van der Waals surface area contributed by atoms with Crippen LogP contribution >= 0.6 is 0 Å². The first-order chi connectivity index (χ1) is 13.7. The molecule has 0 saturated heterocycles. The van der Waals surface area contributed by atoms with Gasteiger partial charge in [0.05, 0.1) is 17.7 Å². The molecule has 0 aromatic heterocycles. The molecule has 0 aliphatic rings. The number of rotatable bonds is 6. The minimum Gasteiger partial charge on any atom is -0.500 e. The van der Waals surface area contributed by atoms with Crippen molar-refractivity contribution in [3.8, 4) is 11.5 Å². The van der Waals surface area contributed by atoms with E-state index < -0.39 is 28.2 Å². The summed E-state index contributed by atoms with van der Waals surface area (Å²) in [4.78, 5) is 34.2. The Labute approximate surface area is 166 Å². The van der Waals surface area contributed by atoms with E-state index in [2.05, 4.69) is 10.4 Å². The highest BCUT2D eigenvalue weighted by Gasteiger charge is 2.20. The van der Waals surface area contributed by atoms with Crippen LogP contribution in [0.3, 0.4) is 0 Å². The van der Waals surface area contributed by atoms with Crippen molar-refractivity contribution in [2.75, 3.05) is 11.9 Å². The third-order valence-electron chi connectivity index (χ3n) is 4.01. The largest absolute Gasteiger partial charge is 0.500 e. The van der Waals surface area contributed by atoms with E-state index in [-0.39, 0.29) is 17.9 Å². The van der Waals surface area contributed by atoms with Gasteiger partial charge in [0.2, 0.25) is 5.75 Å². The summed E-state index contributed by atoms with van der Waals surface area (Å²) in [6.07, 6.45) is 1.10. The number of nitro benzene ring substituents is 1. The molecule has 10 heteroatoms. The van der Waals surface area contributed by atoms with Crippen LogP contribution in [-0.4, -0.2) is 34.7 Å². The lowest BCUT2D eigenvalue weighted by atomic mass is 10.1. The van der Waals surface area contributed by atoms with E-state index in [4.69, 9.17) is 4.74 Å². The van der Waals surface area contributed by atoms with E-state index in [1.54, 1.807) is 19.1 Å². The number of carbonyl (C=O) groups excluding carboxylic acids is 2. The minimum atomic E-state index is -1.01. The SMILES string of the molecule is CCOc1cc(/C=N/NC(=O)C(=O)Nc2cccc(C)c2C)cc([N+](=O)[O-])c1O. The Hall–Kier alpha value is -3.95. The lowest BCUT2D eigenvalue weighted by Crippen LogP contribution is -2.32. The van der Waals surface area contributed by atoms with Crippen molar-refractivity contribution in [2.45, 2.75) is 20.8 Å². The molecule has 2 aromatic carbocycles. The number of anilines is 1. The molecule has 29 heavy (non-hydrogen) atoms. The highest BCUT2D eigenvalue weighted by atomic mass is 16.6. The topological polar surface area (TPSA) is 143 Å². The van der Waals surface area contributed by atoms with Gasteiger partial charge in [-0.25, -0.2) is 5.43 Å². The maximum atomic E-state index is 12.0. The second kappa shape index (κ2) is 9.31. The van der Waals surface area contributed by atoms with Crippen molar-refractivity contribution >= 4 is 29.4 Å². The zero-order chi connectivity index (χ0) is 21.6. The van der Waals surface area contributed by atoms with Crippen LogP contribution < -0.4 is 15.5 Å². The van der Waals surface area contributed by atoms with Crippen molar-refractivity contribution < 1.29 is 24.4 Å². The van der Waals surface area contributed by atoms with Gasteiger partial charge in [-0.15, -0.1) is 0 Å². The van der Waals surface area contributed by atoms with Gasteiger partial charge in [0.15, 0.2) is 5.75 Å². The van der Waals surface area contributed by atoms with Gasteiger partial charge in [-0.05, 0) is 44.0 Å². The molecule has 0 spiro atoms. The fourth-order valence-electron chi connectivity index (χ4n) is 2.37. The van der Waals surface area contributed by atoms with Crippen LogP contribution in [-0.2, 0) is 9.59 Å². The van der Waals surface area contributed by atoms with Gasteiger partial charge in [0.25, 0.3) is 0 Å². The van der Waals surface area contributed by atoms with E-state index in [0.717, 1.165) is 23.4 Å². The normalized spacial score (nSPS) is 10.6. The fraction of sp³-hybridized carbons (Fsp3) is 0.211. The van der Waals surface area contributed by atoms with Gasteiger partial charge in [0, 0.05) is 17.3 Å². The number of ether oxygens (including phenoxy) is 1. The van der Waals surface area contributed by atoms with Crippen LogP contribution in [0.5, 0.6) is 11.5 Å². The Bertz CT molecular complexity index is 987. The van der Waals surface area contributed by atoms with Crippen molar-refractivity contribution in [1.29, 1.82) is 0 Å². The molecule has 0 aliphatic carbocycles. The maximum Gasteiger partial charge on any atom is 0.329 e. The lowest BCUT2D eigenvalue weighted by Gasteiger charge is -2.09. The molecular formula is C19H20N4O6. The first-order valence-corrected chi connectivity index (χ1v) is 8.59. The Morgan fingerprint density at radius 1 is 1.28 bits per heavy atom. The molecule has 0 aliphatic heterocycles. The zero-order valence-corrected chi connectivity index (χ0v) is 16.1. The third kappa shape index (κ3) is 5.28. The summed E-state index contributed by atoms with van der Waals surface area (Å²) in [5, 5.41) is 27.0. The molecule has 2 rings (SSSR count). The first kappa shape index (κ1) is 21.4. The summed E-state index contributed by atoms with van der Waals surface area (Å²) in [7, 11) is 0. The number of nitrogens with zero attached hydrogens (tertiary/aromatic N) is 2. The number of phenols is 1. The Balaban J connectivity index is 2.10. The van der Waals surface area contributed by atoms with Crippen LogP contribution in [0.1, 0.15) is 23.6 Å². The molecule has 0 unspecified atom stereocenters. The average Bonchev–Trinajstić information content (AvgIpc) is 2.67. The fourth-order valence-corrected chi connectivity index (χ4v) is 2.37. The molecule has 0 atom stereocenters. The monoisotopic (exact) mass is 400 g/mol. The third-order valence-corrected chi connectivity index (χ3v) is 4.01. The lowest BCUT2D eigenvalue weighted by molar-refractivity contribution is -0.386. The minimum absolute atomic E-state index is 0.0952. The highest BCUT2D eigenvalue weighted by molar-refractivity contribution is 6.39. The van der Waals surface area contributed by atoms with Gasteiger partial charge in [-0.3, -0.25) is 19.7 Å². The Morgan fingerprint density at radius 3 is 2.66 bits per heavy atom. The van der Waals surface area contributed by atoms with Crippen LogP contribution in [0.4, 0.5) is 11.4 Å². The van der Waals surface area contributed by atoms with Gasteiger partial charge in [0.1, 0.15) is 0 Å². The van der Waals surface area contributed by atoms with Crippen LogP contribution in [0, 0.1) is 24.0 Å². The van der Waals surface area contributed by atoms with Gasteiger partial charge in [-0.1, -0.05) is 12.1 Å². The maximum absolute atomic E-state index is 12.0. The number of nitrogens with one attached hydrogen (secondary N) is 2. The van der Waals surface area contributed by atoms with Crippen molar-refractivity contribution in [3.05, 3.63) is 57.1 Å². The Kier molecular flexibility index (Phi) is 6.85. The Morgan fingerprint density at radius 2 is 2.00 bits per heavy atom. The molecule has 0 fully saturated rings. The molecule has 152 valence electrons. The standard InChI is InChI=1S/C19H20N4O6/c1-4-29-16-9-13(8-15(17(16)24)23(27)28)10-20-22-19(26)18(25)21-14-7-5-6-11(2)12(14)3/h5-10,24H,4H2,1-3H3,(H,21,25)(H,22,26)/b20-10+. The zero-order valence-electron chi connectivity index (χ0n) is 16.1. The van der Waals surface area contributed by atoms with E-state index in [1.807, 2.05) is 25.3 Å². The van der Waals surface area contributed by atoms with Gasteiger partial charge in [-0.2, -0.15) is 5.10 Å². The number of amides is 2. The smallest absolute Gasteiger partial charge is 0.329 e. The van der Waals surface area contributed by atoms with Gasteiger partial charge < -0.3 is 15.2 Å². The summed E-state index contributed by atoms with van der Waals surface area (Å²) in [5.41, 5.74) is 3.95. The van der Waals surface area contributed by atoms with Crippen LogP contribution in [0.25, 0.3) is 0 Å². The molecular weight excluding hydrogens is 380 g/mol. The number of nitro groups is 1. The molecule has 2 amide bonds. The number of hydrogen-bond acceptors (Lipinski definition) is 7. The molecule has 0 saturated carbocycles. The average molecular weight is 400 g/mol. The summed E-state index contributed by atoms with van der Waals surface area (Å²) in [6, 6.07) is 7.67. The highest BCUT2D eigenvalue weighted by Crippen LogP contribution is 2.36. The second-order valence-corrected chi connectivity index (χ2v) is 5.98. The number of hydrazone groups is 1. The van der Waals surface area contributed by atoms with E-state index in [0.29, 0.717) is 5.69 Å². The first-order valence-electron chi connectivity index (χ1n) is 8.59. The molecule has 3 N–H and O–H groups in total. The predicted octanol–water partition coefficient (Wildman–Crippen LogP) is 2.40. The second-order valence-electron chi connectivity index (χ2n) is 5.98. The summed E-state index contributed by atoms with van der Waals surface area (Å²) >= 11 is 0.